The van der Waals surface area contributed by atoms with Crippen LogP contribution in [0.15, 0.2) is 59.9 Å². The molecule has 0 saturated carbocycles. The third-order valence-electron chi connectivity index (χ3n) is 5.30. The number of amides is 1. The highest BCUT2D eigenvalue weighted by Gasteiger charge is 2.43. The van der Waals surface area contributed by atoms with Gasteiger partial charge in [0.1, 0.15) is 6.61 Å². The standard InChI is InChI=1S/C25H29NO5/c1-5-13-26-22(21(23(27)16(2)3)24(28)25(26)29)18-11-12-19(20(14-18)30-4)31-15-17-9-7-6-8-10-17/h6-12,14,16,22,28H,5,13,15H2,1-4H3. The molecule has 0 fully saturated rings. The minimum Gasteiger partial charge on any atom is -0.503 e. The van der Waals surface area contributed by atoms with Gasteiger partial charge in [-0.2, -0.15) is 0 Å². The molecule has 0 bridgehead atoms. The van der Waals surface area contributed by atoms with Crippen LogP contribution >= 0.6 is 0 Å². The zero-order chi connectivity index (χ0) is 22.5. The number of aliphatic hydroxyl groups excluding tert-OH is 1. The first-order valence-corrected chi connectivity index (χ1v) is 10.5. The van der Waals surface area contributed by atoms with Crippen molar-refractivity contribution in [3.05, 3.63) is 71.0 Å². The topological polar surface area (TPSA) is 76.1 Å². The number of nitrogens with zero attached hydrogens (tertiary/aromatic N) is 1. The Morgan fingerprint density at radius 2 is 1.84 bits per heavy atom. The maximum absolute atomic E-state index is 12.9. The molecule has 0 aromatic heterocycles. The zero-order valence-corrected chi connectivity index (χ0v) is 18.4. The van der Waals surface area contributed by atoms with Gasteiger partial charge < -0.3 is 19.5 Å². The lowest BCUT2D eigenvalue weighted by atomic mass is 9.91. The van der Waals surface area contributed by atoms with Crippen molar-refractivity contribution in [2.45, 2.75) is 39.8 Å². The molecule has 164 valence electrons. The van der Waals surface area contributed by atoms with Crippen LogP contribution in [0.5, 0.6) is 11.5 Å². The number of carbonyl (C=O) groups excluding carboxylic acids is 2. The largest absolute Gasteiger partial charge is 0.503 e. The lowest BCUT2D eigenvalue weighted by Gasteiger charge is -2.27. The van der Waals surface area contributed by atoms with Gasteiger partial charge >= 0.3 is 0 Å². The van der Waals surface area contributed by atoms with Crippen molar-refractivity contribution in [2.24, 2.45) is 5.92 Å². The molecule has 1 unspecified atom stereocenters. The summed E-state index contributed by atoms with van der Waals surface area (Å²) < 4.78 is 11.5. The van der Waals surface area contributed by atoms with Crippen molar-refractivity contribution in [1.29, 1.82) is 0 Å². The molecule has 1 aliphatic rings. The number of ketones is 1. The van der Waals surface area contributed by atoms with Crippen molar-refractivity contribution in [3.63, 3.8) is 0 Å². The quantitative estimate of drug-likeness (QED) is 0.638. The van der Waals surface area contributed by atoms with E-state index in [0.717, 1.165) is 5.56 Å². The van der Waals surface area contributed by atoms with Crippen LogP contribution in [0.25, 0.3) is 0 Å². The van der Waals surface area contributed by atoms with Crippen molar-refractivity contribution in [2.75, 3.05) is 13.7 Å². The van der Waals surface area contributed by atoms with E-state index in [0.29, 0.717) is 36.6 Å². The summed E-state index contributed by atoms with van der Waals surface area (Å²) in [5, 5.41) is 10.5. The highest BCUT2D eigenvalue weighted by molar-refractivity contribution is 6.09. The molecule has 2 aromatic carbocycles. The Morgan fingerprint density at radius 1 is 1.13 bits per heavy atom. The van der Waals surface area contributed by atoms with Crippen LogP contribution in [0.4, 0.5) is 0 Å². The van der Waals surface area contributed by atoms with E-state index in [9.17, 15) is 14.7 Å². The van der Waals surface area contributed by atoms with Gasteiger partial charge in [0.15, 0.2) is 23.0 Å². The number of benzene rings is 2. The number of methoxy groups -OCH3 is 1. The summed E-state index contributed by atoms with van der Waals surface area (Å²) in [4.78, 5) is 27.1. The maximum Gasteiger partial charge on any atom is 0.290 e. The van der Waals surface area contributed by atoms with Gasteiger partial charge in [-0.05, 0) is 29.7 Å². The van der Waals surface area contributed by atoms with Crippen LogP contribution in [-0.2, 0) is 16.2 Å². The monoisotopic (exact) mass is 423 g/mol. The van der Waals surface area contributed by atoms with Crippen LogP contribution in [-0.4, -0.2) is 35.4 Å². The van der Waals surface area contributed by atoms with E-state index >= 15 is 0 Å². The molecule has 2 aromatic rings. The van der Waals surface area contributed by atoms with Gasteiger partial charge in [0.05, 0.1) is 18.7 Å². The molecule has 0 spiro atoms. The Hall–Kier alpha value is -3.28. The maximum atomic E-state index is 12.9. The van der Waals surface area contributed by atoms with Crippen LogP contribution < -0.4 is 9.47 Å². The minimum atomic E-state index is -0.653. The Kier molecular flexibility index (Phi) is 7.00. The fraction of sp³-hybridized carbons (Fsp3) is 0.360. The van der Waals surface area contributed by atoms with E-state index in [1.165, 1.54) is 0 Å². The van der Waals surface area contributed by atoms with Gasteiger partial charge in [0.25, 0.3) is 5.91 Å². The summed E-state index contributed by atoms with van der Waals surface area (Å²) >= 11 is 0. The third-order valence-corrected chi connectivity index (χ3v) is 5.30. The molecule has 1 atom stereocenters. The zero-order valence-electron chi connectivity index (χ0n) is 18.4. The van der Waals surface area contributed by atoms with Gasteiger partial charge in [-0.15, -0.1) is 0 Å². The molecule has 1 amide bonds. The molecule has 1 N–H and O–H groups in total. The molecule has 0 radical (unpaired) electrons. The number of carbonyl (C=O) groups is 2. The van der Waals surface area contributed by atoms with Gasteiger partial charge in [0.2, 0.25) is 0 Å². The minimum absolute atomic E-state index is 0.147. The highest BCUT2D eigenvalue weighted by atomic mass is 16.5. The van der Waals surface area contributed by atoms with Crippen LogP contribution in [0.2, 0.25) is 0 Å². The molecule has 31 heavy (non-hydrogen) atoms. The highest BCUT2D eigenvalue weighted by Crippen LogP contribution is 2.41. The van der Waals surface area contributed by atoms with Gasteiger partial charge in [-0.3, -0.25) is 9.59 Å². The average Bonchev–Trinajstić information content (AvgIpc) is 3.03. The molecule has 1 aliphatic heterocycles. The second-order valence-electron chi connectivity index (χ2n) is 7.87. The number of hydrogen-bond donors (Lipinski definition) is 1. The number of Topliss-reactive ketones (excluding diaryl/α,β-unsaturated/α-hetero) is 1. The molecule has 6 nitrogen and oxygen atoms in total. The molecule has 1 heterocycles. The molecule has 0 aliphatic carbocycles. The summed E-state index contributed by atoms with van der Waals surface area (Å²) in [5.41, 5.74) is 1.87. The fourth-order valence-electron chi connectivity index (χ4n) is 3.74. The first-order chi connectivity index (χ1) is 14.9. The van der Waals surface area contributed by atoms with E-state index in [1.807, 2.05) is 43.3 Å². The van der Waals surface area contributed by atoms with Crippen molar-refractivity contribution in [3.8, 4) is 11.5 Å². The third kappa shape index (κ3) is 4.58. The van der Waals surface area contributed by atoms with E-state index < -0.39 is 17.7 Å². The Labute approximate surface area is 183 Å². The van der Waals surface area contributed by atoms with Gasteiger partial charge in [-0.1, -0.05) is 57.2 Å². The summed E-state index contributed by atoms with van der Waals surface area (Å²) in [6.45, 7) is 6.28. The number of rotatable bonds is 9. The number of hydrogen-bond acceptors (Lipinski definition) is 5. The first-order valence-electron chi connectivity index (χ1n) is 10.5. The van der Waals surface area contributed by atoms with E-state index in [4.69, 9.17) is 9.47 Å². The normalized spacial score (nSPS) is 16.2. The summed E-state index contributed by atoms with van der Waals surface area (Å²) in [6.07, 6.45) is 0.702. The lowest BCUT2D eigenvalue weighted by Crippen LogP contribution is -2.32. The summed E-state index contributed by atoms with van der Waals surface area (Å²) in [5.74, 6) is -0.492. The Morgan fingerprint density at radius 3 is 2.45 bits per heavy atom. The Balaban J connectivity index is 1.96. The fourth-order valence-corrected chi connectivity index (χ4v) is 3.74. The molecule has 6 heteroatoms. The smallest absolute Gasteiger partial charge is 0.290 e. The second kappa shape index (κ2) is 9.69. The number of ether oxygens (including phenoxy) is 2. The average molecular weight is 424 g/mol. The number of aliphatic hydroxyl groups is 1. The molecule has 0 saturated heterocycles. The van der Waals surface area contributed by atoms with E-state index in [-0.39, 0.29) is 17.3 Å². The Bertz CT molecular complexity index is 981. The second-order valence-corrected chi connectivity index (χ2v) is 7.87. The van der Waals surface area contributed by atoms with E-state index in [2.05, 4.69) is 0 Å². The van der Waals surface area contributed by atoms with Crippen molar-refractivity contribution >= 4 is 11.7 Å². The van der Waals surface area contributed by atoms with Gasteiger partial charge in [-0.25, -0.2) is 0 Å². The predicted molar refractivity (Wildman–Crippen MR) is 118 cm³/mol. The molecular weight excluding hydrogens is 394 g/mol. The SMILES string of the molecule is CCCN1C(=O)C(O)=C(C(=O)C(C)C)C1c1ccc(OCc2ccccc2)c(OC)c1. The summed E-state index contributed by atoms with van der Waals surface area (Å²) in [6, 6.07) is 14.5. The van der Waals surface area contributed by atoms with Crippen molar-refractivity contribution < 1.29 is 24.2 Å². The van der Waals surface area contributed by atoms with Crippen LogP contribution in [0.3, 0.4) is 0 Å². The van der Waals surface area contributed by atoms with E-state index in [1.54, 1.807) is 38.0 Å². The van der Waals surface area contributed by atoms with Crippen LogP contribution in [0.1, 0.15) is 44.4 Å². The molecular formula is C25H29NO5. The first kappa shape index (κ1) is 22.4. The van der Waals surface area contributed by atoms with Gasteiger partial charge in [0, 0.05) is 12.5 Å². The van der Waals surface area contributed by atoms with Crippen molar-refractivity contribution in [1.82, 2.24) is 4.90 Å². The van der Waals surface area contributed by atoms with Crippen LogP contribution in [0, 0.1) is 5.92 Å². The summed E-state index contributed by atoms with van der Waals surface area (Å²) in [7, 11) is 1.55. The lowest BCUT2D eigenvalue weighted by molar-refractivity contribution is -0.129. The molecule has 3 rings (SSSR count). The predicted octanol–water partition coefficient (Wildman–Crippen LogP) is 4.60.